The summed E-state index contributed by atoms with van der Waals surface area (Å²) < 4.78 is 47.6. The number of rotatable bonds is 6. The molecule has 1 fully saturated rings. The van der Waals surface area contributed by atoms with Gasteiger partial charge in [-0.25, -0.2) is 12.8 Å². The molecule has 0 atom stereocenters. The number of sulfonamides is 1. The molecule has 32 heavy (non-hydrogen) atoms. The van der Waals surface area contributed by atoms with Gasteiger partial charge in [0, 0.05) is 23.1 Å². The minimum atomic E-state index is -3.89. The third-order valence-corrected chi connectivity index (χ3v) is 7.97. The predicted molar refractivity (Wildman–Crippen MR) is 124 cm³/mol. The van der Waals surface area contributed by atoms with Crippen LogP contribution in [0.3, 0.4) is 0 Å². The molecule has 3 aromatic carbocycles. The Kier molecular flexibility index (Phi) is 7.17. The molecular weight excluding hydrogens is 472 g/mol. The fourth-order valence-corrected chi connectivity index (χ4v) is 5.61. The average Bonchev–Trinajstić information content (AvgIpc) is 2.79. The number of nitrogens with zero attached hydrogens (tertiary/aromatic N) is 1. The van der Waals surface area contributed by atoms with E-state index in [4.69, 9.17) is 27.9 Å². The third kappa shape index (κ3) is 5.16. The second-order valence-electron chi connectivity index (χ2n) is 7.65. The molecular formula is C24H22Cl2FNO3S. The minimum absolute atomic E-state index is 0.154. The van der Waals surface area contributed by atoms with E-state index in [0.29, 0.717) is 22.9 Å². The van der Waals surface area contributed by atoms with Gasteiger partial charge in [-0.15, -0.1) is 0 Å². The summed E-state index contributed by atoms with van der Waals surface area (Å²) in [4.78, 5) is -0.292. The van der Waals surface area contributed by atoms with E-state index in [1.807, 2.05) is 48.5 Å². The summed E-state index contributed by atoms with van der Waals surface area (Å²) in [6, 6.07) is 20.4. The third-order valence-electron chi connectivity index (χ3n) is 5.53. The standard InChI is InChI=1S/C24H22Cl2FNO3S/c25-19-9-5-17(6-10-19)24(18-7-11-20(26)12-8-18)31-21-13-15-28(16-14-21)32(29,30)23-4-2-1-3-22(23)27/h1-12,21,24H,13-16H2. The van der Waals surface area contributed by atoms with Crippen LogP contribution in [0.25, 0.3) is 0 Å². The molecule has 8 heteroatoms. The Balaban J connectivity index is 1.49. The van der Waals surface area contributed by atoms with E-state index < -0.39 is 15.8 Å². The fraction of sp³-hybridized carbons (Fsp3) is 0.250. The molecule has 0 spiro atoms. The first kappa shape index (κ1) is 23.2. The molecule has 0 amide bonds. The van der Waals surface area contributed by atoms with Gasteiger partial charge < -0.3 is 4.74 Å². The van der Waals surface area contributed by atoms with Crippen molar-refractivity contribution in [2.45, 2.75) is 29.9 Å². The average molecular weight is 494 g/mol. The van der Waals surface area contributed by atoms with Gasteiger partial charge in [0.05, 0.1) is 6.10 Å². The molecule has 0 saturated carbocycles. The van der Waals surface area contributed by atoms with Gasteiger partial charge >= 0.3 is 0 Å². The van der Waals surface area contributed by atoms with Crippen molar-refractivity contribution in [2.75, 3.05) is 13.1 Å². The number of ether oxygens (including phenoxy) is 1. The molecule has 0 bridgehead atoms. The molecule has 0 N–H and O–H groups in total. The first-order valence-corrected chi connectivity index (χ1v) is 12.5. The van der Waals surface area contributed by atoms with E-state index in [1.54, 1.807) is 0 Å². The van der Waals surface area contributed by atoms with Gasteiger partial charge in [0.2, 0.25) is 10.0 Å². The monoisotopic (exact) mass is 493 g/mol. The van der Waals surface area contributed by atoms with Crippen LogP contribution in [-0.2, 0) is 14.8 Å². The zero-order valence-electron chi connectivity index (χ0n) is 17.1. The molecule has 1 aliphatic rings. The summed E-state index contributed by atoms with van der Waals surface area (Å²) in [5, 5.41) is 1.27. The topological polar surface area (TPSA) is 46.6 Å². The lowest BCUT2D eigenvalue weighted by molar-refractivity contribution is -0.0170. The van der Waals surface area contributed by atoms with Crippen molar-refractivity contribution >= 4 is 33.2 Å². The van der Waals surface area contributed by atoms with Crippen molar-refractivity contribution in [1.29, 1.82) is 0 Å². The summed E-state index contributed by atoms with van der Waals surface area (Å²) in [5.41, 5.74) is 1.89. The maximum absolute atomic E-state index is 14.1. The Labute approximate surface area is 197 Å². The van der Waals surface area contributed by atoms with Crippen molar-refractivity contribution in [3.05, 3.63) is 99.8 Å². The highest BCUT2D eigenvalue weighted by molar-refractivity contribution is 7.89. The Bertz CT molecular complexity index is 1120. The molecule has 4 rings (SSSR count). The molecule has 1 saturated heterocycles. The summed E-state index contributed by atoms with van der Waals surface area (Å²) in [5.74, 6) is -0.739. The Morgan fingerprint density at radius 2 is 1.34 bits per heavy atom. The molecule has 4 nitrogen and oxygen atoms in total. The summed E-state index contributed by atoms with van der Waals surface area (Å²) in [6.45, 7) is 0.518. The van der Waals surface area contributed by atoms with Crippen LogP contribution in [-0.4, -0.2) is 31.9 Å². The first-order chi connectivity index (χ1) is 15.3. The van der Waals surface area contributed by atoms with Gasteiger partial charge in [0.1, 0.15) is 16.8 Å². The van der Waals surface area contributed by atoms with Gasteiger partial charge in [-0.05, 0) is 60.4 Å². The van der Waals surface area contributed by atoms with Crippen LogP contribution >= 0.6 is 23.2 Å². The largest absolute Gasteiger partial charge is 0.365 e. The van der Waals surface area contributed by atoms with Crippen molar-refractivity contribution in [3.63, 3.8) is 0 Å². The van der Waals surface area contributed by atoms with E-state index in [2.05, 4.69) is 0 Å². The molecule has 0 aliphatic carbocycles. The summed E-state index contributed by atoms with van der Waals surface area (Å²) in [7, 11) is -3.89. The highest BCUT2D eigenvalue weighted by Crippen LogP contribution is 2.32. The van der Waals surface area contributed by atoms with Gasteiger partial charge in [0.25, 0.3) is 0 Å². The number of hydrogen-bond acceptors (Lipinski definition) is 3. The molecule has 3 aromatic rings. The molecule has 0 radical (unpaired) electrons. The van der Waals surface area contributed by atoms with E-state index >= 15 is 0 Å². The minimum Gasteiger partial charge on any atom is -0.365 e. The van der Waals surface area contributed by atoms with Crippen LogP contribution < -0.4 is 0 Å². The predicted octanol–water partition coefficient (Wildman–Crippen LogP) is 6.09. The van der Waals surface area contributed by atoms with Crippen LogP contribution in [0, 0.1) is 5.82 Å². The highest BCUT2D eigenvalue weighted by atomic mass is 35.5. The smallest absolute Gasteiger partial charge is 0.245 e. The van der Waals surface area contributed by atoms with Crippen LogP contribution in [0.1, 0.15) is 30.1 Å². The molecule has 0 aromatic heterocycles. The Morgan fingerprint density at radius 1 is 0.844 bits per heavy atom. The van der Waals surface area contributed by atoms with Gasteiger partial charge in [0.15, 0.2) is 0 Å². The Hall–Kier alpha value is -1.96. The van der Waals surface area contributed by atoms with Crippen LogP contribution in [0.4, 0.5) is 4.39 Å². The van der Waals surface area contributed by atoms with Crippen LogP contribution in [0.2, 0.25) is 10.0 Å². The Morgan fingerprint density at radius 3 is 1.84 bits per heavy atom. The van der Waals surface area contributed by atoms with Gasteiger partial charge in [-0.3, -0.25) is 0 Å². The fourth-order valence-electron chi connectivity index (χ4n) is 3.82. The lowest BCUT2D eigenvalue weighted by Gasteiger charge is -2.33. The number of piperidine rings is 1. The first-order valence-electron chi connectivity index (χ1n) is 10.3. The van der Waals surface area contributed by atoms with Gasteiger partial charge in [-0.2, -0.15) is 4.31 Å². The second kappa shape index (κ2) is 9.89. The maximum atomic E-state index is 14.1. The lowest BCUT2D eigenvalue weighted by atomic mass is 10.0. The zero-order valence-corrected chi connectivity index (χ0v) is 19.5. The quantitative estimate of drug-likeness (QED) is 0.417. The number of halogens is 3. The normalized spacial score (nSPS) is 15.9. The van der Waals surface area contributed by atoms with Crippen molar-refractivity contribution < 1.29 is 17.5 Å². The maximum Gasteiger partial charge on any atom is 0.245 e. The zero-order chi connectivity index (χ0) is 22.7. The highest BCUT2D eigenvalue weighted by Gasteiger charge is 2.32. The van der Waals surface area contributed by atoms with E-state index in [1.165, 1.54) is 22.5 Å². The molecule has 0 unspecified atom stereocenters. The van der Waals surface area contributed by atoms with Crippen molar-refractivity contribution in [2.24, 2.45) is 0 Å². The molecule has 1 heterocycles. The van der Waals surface area contributed by atoms with Crippen molar-refractivity contribution in [1.82, 2.24) is 4.31 Å². The van der Waals surface area contributed by atoms with Crippen LogP contribution in [0.15, 0.2) is 77.7 Å². The molecule has 168 valence electrons. The van der Waals surface area contributed by atoms with E-state index in [-0.39, 0.29) is 30.2 Å². The van der Waals surface area contributed by atoms with Crippen molar-refractivity contribution in [3.8, 4) is 0 Å². The van der Waals surface area contributed by atoms with Gasteiger partial charge in [-0.1, -0.05) is 59.6 Å². The SMILES string of the molecule is O=S(=O)(c1ccccc1F)N1CCC(OC(c2ccc(Cl)cc2)c2ccc(Cl)cc2)CC1. The lowest BCUT2D eigenvalue weighted by Crippen LogP contribution is -2.41. The van der Waals surface area contributed by atoms with E-state index in [0.717, 1.165) is 17.2 Å². The summed E-state index contributed by atoms with van der Waals surface area (Å²) >= 11 is 12.1. The van der Waals surface area contributed by atoms with E-state index in [9.17, 15) is 12.8 Å². The van der Waals surface area contributed by atoms with Crippen LogP contribution in [0.5, 0.6) is 0 Å². The number of hydrogen-bond donors (Lipinski definition) is 0. The second-order valence-corrected chi connectivity index (χ2v) is 10.4. The summed E-state index contributed by atoms with van der Waals surface area (Å²) in [6.07, 6.45) is 0.513. The molecule has 1 aliphatic heterocycles. The number of benzene rings is 3.